The predicted molar refractivity (Wildman–Crippen MR) is 107 cm³/mol. The first-order valence-electron chi connectivity index (χ1n) is 8.60. The van der Waals surface area contributed by atoms with Gasteiger partial charge in [-0.1, -0.05) is 47.5 Å². The standard InChI is InChI=1S/C21H15Cl2F3N2O/c22-15-7-5-13(6-8-15)14-11-18(23)19(28-12-14)9-10-27-20(29)16-3-1-2-4-17(16)21(24,25)26/h1-8,11-12H,9-10H2,(H,27,29). The average Bonchev–Trinajstić information content (AvgIpc) is 2.69. The van der Waals surface area contributed by atoms with Gasteiger partial charge >= 0.3 is 6.18 Å². The highest BCUT2D eigenvalue weighted by Crippen LogP contribution is 2.31. The molecule has 0 aliphatic heterocycles. The Labute approximate surface area is 175 Å². The summed E-state index contributed by atoms with van der Waals surface area (Å²) >= 11 is 12.2. The molecule has 1 N–H and O–H groups in total. The molecule has 3 rings (SSSR count). The van der Waals surface area contributed by atoms with E-state index in [1.165, 1.54) is 12.1 Å². The van der Waals surface area contributed by atoms with Gasteiger partial charge in [-0.2, -0.15) is 13.2 Å². The molecule has 2 aromatic carbocycles. The second-order valence-corrected chi connectivity index (χ2v) is 7.05. The van der Waals surface area contributed by atoms with Crippen molar-refractivity contribution in [2.24, 2.45) is 0 Å². The normalized spacial score (nSPS) is 11.3. The summed E-state index contributed by atoms with van der Waals surface area (Å²) in [5.74, 6) is -0.799. The van der Waals surface area contributed by atoms with Crippen LogP contribution in [0.5, 0.6) is 0 Å². The Kier molecular flexibility index (Phi) is 6.45. The summed E-state index contributed by atoms with van der Waals surface area (Å²) in [6, 6.07) is 13.6. The number of carbonyl (C=O) groups excluding carboxylic acids is 1. The highest BCUT2D eigenvalue weighted by Gasteiger charge is 2.34. The van der Waals surface area contributed by atoms with Crippen LogP contribution in [0.2, 0.25) is 10.0 Å². The van der Waals surface area contributed by atoms with Crippen LogP contribution in [-0.2, 0) is 12.6 Å². The molecule has 0 saturated heterocycles. The van der Waals surface area contributed by atoms with Crippen molar-refractivity contribution in [3.63, 3.8) is 0 Å². The zero-order valence-corrected chi connectivity index (χ0v) is 16.4. The summed E-state index contributed by atoms with van der Waals surface area (Å²) in [6.45, 7) is 0.0953. The number of rotatable bonds is 5. The van der Waals surface area contributed by atoms with E-state index in [1.54, 1.807) is 24.4 Å². The first-order chi connectivity index (χ1) is 13.8. The van der Waals surface area contributed by atoms with Crippen molar-refractivity contribution in [2.45, 2.75) is 12.6 Å². The van der Waals surface area contributed by atoms with E-state index in [1.807, 2.05) is 12.1 Å². The van der Waals surface area contributed by atoms with Crippen LogP contribution in [0.1, 0.15) is 21.6 Å². The van der Waals surface area contributed by atoms with Crippen molar-refractivity contribution >= 4 is 29.1 Å². The maximum absolute atomic E-state index is 13.0. The average molecular weight is 439 g/mol. The summed E-state index contributed by atoms with van der Waals surface area (Å²) in [5, 5.41) is 3.51. The van der Waals surface area contributed by atoms with Crippen LogP contribution in [0.4, 0.5) is 13.2 Å². The third-order valence-electron chi connectivity index (χ3n) is 4.22. The topological polar surface area (TPSA) is 42.0 Å². The minimum absolute atomic E-state index is 0.0953. The Bertz CT molecular complexity index is 1020. The molecule has 0 fully saturated rings. The van der Waals surface area contributed by atoms with Crippen LogP contribution in [0.15, 0.2) is 60.8 Å². The van der Waals surface area contributed by atoms with E-state index in [0.29, 0.717) is 15.7 Å². The fourth-order valence-electron chi connectivity index (χ4n) is 2.77. The van der Waals surface area contributed by atoms with Gasteiger partial charge in [-0.3, -0.25) is 9.78 Å². The monoisotopic (exact) mass is 438 g/mol. The Balaban J connectivity index is 1.65. The molecular formula is C21H15Cl2F3N2O. The van der Waals surface area contributed by atoms with Crippen molar-refractivity contribution in [1.29, 1.82) is 0 Å². The Morgan fingerprint density at radius 3 is 2.34 bits per heavy atom. The van der Waals surface area contributed by atoms with Gasteiger partial charge in [0.25, 0.3) is 5.91 Å². The SMILES string of the molecule is O=C(NCCc1ncc(-c2ccc(Cl)cc2)cc1Cl)c1ccccc1C(F)(F)F. The molecule has 3 aromatic rings. The fraction of sp³-hybridized carbons (Fsp3) is 0.143. The van der Waals surface area contributed by atoms with Gasteiger partial charge in [-0.05, 0) is 35.9 Å². The Morgan fingerprint density at radius 1 is 1.00 bits per heavy atom. The van der Waals surface area contributed by atoms with Crippen LogP contribution in [0, 0.1) is 0 Å². The number of nitrogens with zero attached hydrogens (tertiary/aromatic N) is 1. The molecule has 1 amide bonds. The number of aromatic nitrogens is 1. The largest absolute Gasteiger partial charge is 0.417 e. The molecule has 8 heteroatoms. The van der Waals surface area contributed by atoms with Crippen molar-refractivity contribution in [2.75, 3.05) is 6.54 Å². The Hall–Kier alpha value is -2.57. The number of benzene rings is 2. The molecule has 0 atom stereocenters. The fourth-order valence-corrected chi connectivity index (χ4v) is 3.16. The van der Waals surface area contributed by atoms with E-state index in [9.17, 15) is 18.0 Å². The van der Waals surface area contributed by atoms with E-state index in [-0.39, 0.29) is 13.0 Å². The molecule has 1 heterocycles. The van der Waals surface area contributed by atoms with Gasteiger partial charge < -0.3 is 5.32 Å². The molecule has 150 valence electrons. The van der Waals surface area contributed by atoms with Gasteiger partial charge in [0.15, 0.2) is 0 Å². The molecule has 0 spiro atoms. The number of hydrogen-bond acceptors (Lipinski definition) is 2. The molecule has 0 unspecified atom stereocenters. The van der Waals surface area contributed by atoms with Gasteiger partial charge in [-0.25, -0.2) is 0 Å². The molecule has 0 bridgehead atoms. The maximum atomic E-state index is 13.0. The predicted octanol–water partition coefficient (Wildman–Crippen LogP) is 6.05. The van der Waals surface area contributed by atoms with Crippen molar-refractivity contribution in [3.05, 3.63) is 87.7 Å². The Morgan fingerprint density at radius 2 is 1.69 bits per heavy atom. The number of alkyl halides is 3. The minimum Gasteiger partial charge on any atom is -0.352 e. The lowest BCUT2D eigenvalue weighted by atomic mass is 10.1. The van der Waals surface area contributed by atoms with E-state index in [4.69, 9.17) is 23.2 Å². The number of carbonyl (C=O) groups is 1. The van der Waals surface area contributed by atoms with E-state index < -0.39 is 23.2 Å². The highest BCUT2D eigenvalue weighted by atomic mass is 35.5. The van der Waals surface area contributed by atoms with Crippen molar-refractivity contribution in [3.8, 4) is 11.1 Å². The first-order valence-corrected chi connectivity index (χ1v) is 9.36. The third kappa shape index (κ3) is 5.28. The molecule has 29 heavy (non-hydrogen) atoms. The van der Waals surface area contributed by atoms with Crippen LogP contribution in [0.3, 0.4) is 0 Å². The highest BCUT2D eigenvalue weighted by molar-refractivity contribution is 6.31. The molecule has 0 saturated carbocycles. The van der Waals surface area contributed by atoms with Gasteiger partial charge in [-0.15, -0.1) is 0 Å². The first kappa shape index (κ1) is 21.1. The zero-order valence-electron chi connectivity index (χ0n) is 14.9. The van der Waals surface area contributed by atoms with Gasteiger partial charge in [0, 0.05) is 29.7 Å². The lowest BCUT2D eigenvalue weighted by Crippen LogP contribution is -2.28. The third-order valence-corrected chi connectivity index (χ3v) is 4.80. The van der Waals surface area contributed by atoms with Crippen molar-refractivity contribution < 1.29 is 18.0 Å². The van der Waals surface area contributed by atoms with Crippen molar-refractivity contribution in [1.82, 2.24) is 10.3 Å². The lowest BCUT2D eigenvalue weighted by molar-refractivity contribution is -0.137. The smallest absolute Gasteiger partial charge is 0.352 e. The molecule has 0 radical (unpaired) electrons. The van der Waals surface area contributed by atoms with Crippen LogP contribution in [-0.4, -0.2) is 17.4 Å². The number of amides is 1. The van der Waals surface area contributed by atoms with E-state index in [0.717, 1.165) is 23.3 Å². The summed E-state index contributed by atoms with van der Waals surface area (Å²) in [4.78, 5) is 16.5. The summed E-state index contributed by atoms with van der Waals surface area (Å²) in [7, 11) is 0. The summed E-state index contributed by atoms with van der Waals surface area (Å²) < 4.78 is 39.1. The maximum Gasteiger partial charge on any atom is 0.417 e. The number of pyridine rings is 1. The summed E-state index contributed by atoms with van der Waals surface area (Å²) in [6.07, 6.45) is -2.68. The lowest BCUT2D eigenvalue weighted by Gasteiger charge is -2.13. The molecule has 1 aromatic heterocycles. The minimum atomic E-state index is -4.60. The molecular weight excluding hydrogens is 424 g/mol. The number of hydrogen-bond donors (Lipinski definition) is 1. The second-order valence-electron chi connectivity index (χ2n) is 6.21. The van der Waals surface area contributed by atoms with Gasteiger partial charge in [0.2, 0.25) is 0 Å². The van der Waals surface area contributed by atoms with E-state index >= 15 is 0 Å². The van der Waals surface area contributed by atoms with Crippen LogP contribution >= 0.6 is 23.2 Å². The molecule has 0 aliphatic carbocycles. The van der Waals surface area contributed by atoms with Crippen LogP contribution in [0.25, 0.3) is 11.1 Å². The molecule has 3 nitrogen and oxygen atoms in total. The second kappa shape index (κ2) is 8.84. The van der Waals surface area contributed by atoms with Crippen LogP contribution < -0.4 is 5.32 Å². The number of nitrogens with one attached hydrogen (secondary N) is 1. The summed E-state index contributed by atoms with van der Waals surface area (Å²) in [5.41, 5.74) is 0.845. The number of halogens is 5. The van der Waals surface area contributed by atoms with E-state index in [2.05, 4.69) is 10.3 Å². The zero-order chi connectivity index (χ0) is 21.0. The van der Waals surface area contributed by atoms with Gasteiger partial charge in [0.1, 0.15) is 0 Å². The van der Waals surface area contributed by atoms with Gasteiger partial charge in [0.05, 0.1) is 21.8 Å². The quantitative estimate of drug-likeness (QED) is 0.526. The molecule has 0 aliphatic rings.